The van der Waals surface area contributed by atoms with E-state index in [4.69, 9.17) is 11.6 Å². The van der Waals surface area contributed by atoms with Crippen LogP contribution in [0.3, 0.4) is 0 Å². The molecule has 0 heterocycles. The average Bonchev–Trinajstić information content (AvgIpc) is 1.98. The van der Waals surface area contributed by atoms with Gasteiger partial charge in [0.05, 0.1) is 5.41 Å². The van der Waals surface area contributed by atoms with Gasteiger partial charge in [0.15, 0.2) is 0 Å². The number of aliphatic carboxylic acids is 1. The number of carbonyl (C=O) groups is 1. The van der Waals surface area contributed by atoms with Gasteiger partial charge in [-0.15, -0.1) is 11.6 Å². The van der Waals surface area contributed by atoms with Crippen molar-refractivity contribution in [3.63, 3.8) is 0 Å². The van der Waals surface area contributed by atoms with Gasteiger partial charge in [-0.1, -0.05) is 0 Å². The van der Waals surface area contributed by atoms with Crippen LogP contribution in [0.5, 0.6) is 0 Å². The molecule has 78 valence electrons. The maximum absolute atomic E-state index is 11.3. The molecule has 4 rings (SSSR count). The monoisotopic (exact) mass is 214 g/mol. The fourth-order valence-electron chi connectivity index (χ4n) is 4.40. The summed E-state index contributed by atoms with van der Waals surface area (Å²) in [5.41, 5.74) is -0.453. The van der Waals surface area contributed by atoms with Crippen LogP contribution in [0.25, 0.3) is 0 Å². The zero-order chi connectivity index (χ0) is 9.97. The summed E-state index contributed by atoms with van der Waals surface area (Å²) in [4.78, 5) is 11.2. The first-order valence-corrected chi connectivity index (χ1v) is 5.82. The molecule has 2 nitrogen and oxygen atoms in total. The van der Waals surface area contributed by atoms with Gasteiger partial charge in [-0.25, -0.2) is 0 Å². The van der Waals surface area contributed by atoms with E-state index in [2.05, 4.69) is 0 Å². The number of hydrogen-bond acceptors (Lipinski definition) is 1. The standard InChI is InChI=1S/C11H15ClO2/c12-11-4-7-1-8(5-11)3-10(2-7,6-11)9(13)14/h7-8H,1-6H2,(H,13,14)/t7-,8+,10?,11?. The van der Waals surface area contributed by atoms with Gasteiger partial charge in [0.1, 0.15) is 0 Å². The fraction of sp³-hybridized carbons (Fsp3) is 0.909. The van der Waals surface area contributed by atoms with Crippen molar-refractivity contribution >= 4 is 17.6 Å². The number of carboxylic acid groups (broad SMARTS) is 1. The Balaban J connectivity index is 2.00. The van der Waals surface area contributed by atoms with Crippen LogP contribution in [-0.2, 0) is 4.79 Å². The normalized spacial score (nSPS) is 54.9. The van der Waals surface area contributed by atoms with Gasteiger partial charge in [0, 0.05) is 4.87 Å². The zero-order valence-corrected chi connectivity index (χ0v) is 8.89. The summed E-state index contributed by atoms with van der Waals surface area (Å²) in [5, 5.41) is 9.33. The summed E-state index contributed by atoms with van der Waals surface area (Å²) in [6, 6.07) is 0. The highest BCUT2D eigenvalue weighted by molar-refractivity contribution is 6.24. The first-order valence-electron chi connectivity index (χ1n) is 5.44. The molecule has 4 fully saturated rings. The summed E-state index contributed by atoms with van der Waals surface area (Å²) >= 11 is 6.50. The van der Waals surface area contributed by atoms with E-state index < -0.39 is 11.4 Å². The van der Waals surface area contributed by atoms with Gasteiger partial charge in [-0.05, 0) is 50.4 Å². The molecule has 4 saturated carbocycles. The molecule has 0 spiro atoms. The largest absolute Gasteiger partial charge is 0.481 e. The Kier molecular flexibility index (Phi) is 1.59. The highest BCUT2D eigenvalue weighted by Crippen LogP contribution is 2.63. The molecule has 3 heteroatoms. The predicted molar refractivity (Wildman–Crippen MR) is 53.3 cm³/mol. The second-order valence-electron chi connectivity index (χ2n) is 5.70. The van der Waals surface area contributed by atoms with Crippen LogP contribution in [0.1, 0.15) is 38.5 Å². The van der Waals surface area contributed by atoms with Gasteiger partial charge >= 0.3 is 5.97 Å². The third kappa shape index (κ3) is 1.06. The third-order valence-corrected chi connectivity index (χ3v) is 4.89. The van der Waals surface area contributed by atoms with Crippen LogP contribution in [-0.4, -0.2) is 16.0 Å². The quantitative estimate of drug-likeness (QED) is 0.682. The lowest BCUT2D eigenvalue weighted by Crippen LogP contribution is -2.55. The van der Waals surface area contributed by atoms with Crippen molar-refractivity contribution in [3.8, 4) is 0 Å². The summed E-state index contributed by atoms with van der Waals surface area (Å²) < 4.78 is 0. The molecule has 1 N–H and O–H groups in total. The molecular formula is C11H15ClO2. The number of hydrogen-bond donors (Lipinski definition) is 1. The lowest BCUT2D eigenvalue weighted by atomic mass is 9.49. The van der Waals surface area contributed by atoms with Crippen LogP contribution in [0.2, 0.25) is 0 Å². The first-order chi connectivity index (χ1) is 6.51. The van der Waals surface area contributed by atoms with Crippen LogP contribution in [0, 0.1) is 17.3 Å². The minimum absolute atomic E-state index is 0.164. The molecule has 2 unspecified atom stereocenters. The molecule has 0 aliphatic heterocycles. The molecule has 0 aromatic rings. The summed E-state index contributed by atoms with van der Waals surface area (Å²) in [5.74, 6) is 0.575. The van der Waals surface area contributed by atoms with Crippen LogP contribution in [0.15, 0.2) is 0 Å². The second kappa shape index (κ2) is 2.46. The second-order valence-corrected chi connectivity index (χ2v) is 6.50. The van der Waals surface area contributed by atoms with E-state index in [9.17, 15) is 9.90 Å². The summed E-state index contributed by atoms with van der Waals surface area (Å²) in [7, 11) is 0. The molecule has 4 atom stereocenters. The van der Waals surface area contributed by atoms with E-state index in [0.717, 1.165) is 25.7 Å². The van der Waals surface area contributed by atoms with Crippen molar-refractivity contribution in [1.29, 1.82) is 0 Å². The molecular weight excluding hydrogens is 200 g/mol. The minimum Gasteiger partial charge on any atom is -0.481 e. The highest BCUT2D eigenvalue weighted by atomic mass is 35.5. The molecule has 4 aliphatic carbocycles. The summed E-state index contributed by atoms with van der Waals surface area (Å²) in [6.07, 6.45) is 5.81. The van der Waals surface area contributed by atoms with Crippen LogP contribution >= 0.6 is 11.6 Å². The van der Waals surface area contributed by atoms with Crippen molar-refractivity contribution in [2.45, 2.75) is 43.4 Å². The van der Waals surface area contributed by atoms with E-state index in [-0.39, 0.29) is 4.87 Å². The molecule has 4 bridgehead atoms. The van der Waals surface area contributed by atoms with E-state index >= 15 is 0 Å². The van der Waals surface area contributed by atoms with E-state index in [1.54, 1.807) is 0 Å². The number of carboxylic acids is 1. The first kappa shape index (κ1) is 9.02. The maximum Gasteiger partial charge on any atom is 0.309 e. The number of halogens is 1. The Morgan fingerprint density at radius 3 is 2.21 bits per heavy atom. The smallest absolute Gasteiger partial charge is 0.309 e. The van der Waals surface area contributed by atoms with Gasteiger partial charge in [-0.3, -0.25) is 4.79 Å². The van der Waals surface area contributed by atoms with E-state index in [1.807, 2.05) is 0 Å². The SMILES string of the molecule is O=C(O)C12C[C@@H]3C[C@@H](CC(Cl)(C3)C1)C2. The van der Waals surface area contributed by atoms with Gasteiger partial charge in [0.2, 0.25) is 0 Å². The molecule has 0 radical (unpaired) electrons. The predicted octanol–water partition coefficient (Wildman–Crippen LogP) is 2.65. The van der Waals surface area contributed by atoms with Crippen molar-refractivity contribution in [3.05, 3.63) is 0 Å². The van der Waals surface area contributed by atoms with Crippen molar-refractivity contribution in [2.75, 3.05) is 0 Å². The third-order valence-electron chi connectivity index (χ3n) is 4.44. The Morgan fingerprint density at radius 2 is 1.79 bits per heavy atom. The van der Waals surface area contributed by atoms with E-state index in [0.29, 0.717) is 18.3 Å². The molecule has 0 saturated heterocycles. The molecule has 4 aliphatic rings. The molecule has 0 aromatic heterocycles. The molecule has 0 amide bonds. The molecule has 0 aromatic carbocycles. The lowest BCUT2D eigenvalue weighted by Gasteiger charge is -2.58. The average molecular weight is 215 g/mol. The Morgan fingerprint density at radius 1 is 1.21 bits per heavy atom. The van der Waals surface area contributed by atoms with Crippen LogP contribution < -0.4 is 0 Å². The van der Waals surface area contributed by atoms with E-state index in [1.165, 1.54) is 6.42 Å². The molecule has 14 heavy (non-hydrogen) atoms. The lowest BCUT2D eigenvalue weighted by molar-refractivity contribution is -0.163. The fourth-order valence-corrected chi connectivity index (χ4v) is 5.09. The van der Waals surface area contributed by atoms with Crippen molar-refractivity contribution in [2.24, 2.45) is 17.3 Å². The van der Waals surface area contributed by atoms with Gasteiger partial charge < -0.3 is 5.11 Å². The number of alkyl halides is 1. The van der Waals surface area contributed by atoms with Crippen molar-refractivity contribution in [1.82, 2.24) is 0 Å². The number of rotatable bonds is 1. The van der Waals surface area contributed by atoms with Crippen LogP contribution in [0.4, 0.5) is 0 Å². The van der Waals surface area contributed by atoms with Crippen molar-refractivity contribution < 1.29 is 9.90 Å². The van der Waals surface area contributed by atoms with Gasteiger partial charge in [0.25, 0.3) is 0 Å². The Bertz CT molecular complexity index is 286. The van der Waals surface area contributed by atoms with Gasteiger partial charge in [-0.2, -0.15) is 0 Å². The maximum atomic E-state index is 11.3. The minimum atomic E-state index is -0.600. The Labute approximate surface area is 88.6 Å². The topological polar surface area (TPSA) is 37.3 Å². The highest BCUT2D eigenvalue weighted by Gasteiger charge is 2.60. The zero-order valence-electron chi connectivity index (χ0n) is 8.13. The summed E-state index contributed by atoms with van der Waals surface area (Å²) in [6.45, 7) is 0. The Hall–Kier alpha value is -0.240.